The number of likely N-dealkylation sites (tertiary alicyclic amines) is 1. The molecule has 108 valence electrons. The Morgan fingerprint density at radius 1 is 1.40 bits per heavy atom. The van der Waals surface area contributed by atoms with E-state index in [-0.39, 0.29) is 0 Å². The van der Waals surface area contributed by atoms with Gasteiger partial charge in [-0.3, -0.25) is 0 Å². The minimum atomic E-state index is 0.556. The van der Waals surface area contributed by atoms with Crippen LogP contribution in [0.15, 0.2) is 18.2 Å². The van der Waals surface area contributed by atoms with Crippen LogP contribution in [-0.2, 0) is 0 Å². The van der Waals surface area contributed by atoms with Crippen LogP contribution in [0.5, 0.6) is 0 Å². The number of anilines is 2. The van der Waals surface area contributed by atoms with Crippen molar-refractivity contribution in [2.75, 3.05) is 30.7 Å². The number of benzene rings is 1. The van der Waals surface area contributed by atoms with Crippen LogP contribution in [0.2, 0.25) is 0 Å². The Bertz CT molecular complexity index is 572. The summed E-state index contributed by atoms with van der Waals surface area (Å²) in [6, 6.07) is 6.47. The van der Waals surface area contributed by atoms with E-state index < -0.39 is 0 Å². The molecular weight excluding hydrogens is 268 g/mol. The second kappa shape index (κ2) is 5.97. The first-order valence-corrected chi connectivity index (χ1v) is 8.21. The van der Waals surface area contributed by atoms with Gasteiger partial charge in [-0.15, -0.1) is 0 Å². The molecule has 4 nitrogen and oxygen atoms in total. The van der Waals surface area contributed by atoms with Crippen molar-refractivity contribution >= 4 is 32.4 Å². The van der Waals surface area contributed by atoms with Crippen molar-refractivity contribution in [3.8, 4) is 0 Å². The lowest BCUT2D eigenvalue weighted by molar-refractivity contribution is 0.219. The fraction of sp³-hybridized carbons (Fsp3) is 0.533. The first kappa shape index (κ1) is 13.6. The molecule has 0 bridgehead atoms. The zero-order chi connectivity index (χ0) is 13.9. The average Bonchev–Trinajstić information content (AvgIpc) is 2.82. The molecule has 1 aromatic heterocycles. The van der Waals surface area contributed by atoms with Gasteiger partial charge in [-0.1, -0.05) is 18.3 Å². The SMILES string of the molecule is CCCN1CCC(Nc2nc3ccc(N)cc3s2)CC1. The van der Waals surface area contributed by atoms with Crippen LogP contribution in [0.25, 0.3) is 10.2 Å². The number of nitrogens with one attached hydrogen (secondary N) is 1. The van der Waals surface area contributed by atoms with Crippen molar-refractivity contribution in [2.24, 2.45) is 0 Å². The lowest BCUT2D eigenvalue weighted by Gasteiger charge is -2.31. The van der Waals surface area contributed by atoms with Gasteiger partial charge >= 0.3 is 0 Å². The second-order valence-electron chi connectivity index (χ2n) is 5.51. The maximum atomic E-state index is 5.81. The molecule has 2 heterocycles. The Morgan fingerprint density at radius 2 is 2.20 bits per heavy atom. The summed E-state index contributed by atoms with van der Waals surface area (Å²) in [6.45, 7) is 5.87. The van der Waals surface area contributed by atoms with Gasteiger partial charge in [-0.25, -0.2) is 4.98 Å². The third-order valence-electron chi connectivity index (χ3n) is 3.87. The van der Waals surface area contributed by atoms with E-state index >= 15 is 0 Å². The fourth-order valence-corrected chi connectivity index (χ4v) is 3.79. The number of nitrogens with zero attached hydrogens (tertiary/aromatic N) is 2. The highest BCUT2D eigenvalue weighted by molar-refractivity contribution is 7.22. The fourth-order valence-electron chi connectivity index (χ4n) is 2.79. The van der Waals surface area contributed by atoms with Gasteiger partial charge in [0.25, 0.3) is 0 Å². The van der Waals surface area contributed by atoms with Crippen molar-refractivity contribution in [3.05, 3.63) is 18.2 Å². The predicted octanol–water partition coefficient (Wildman–Crippen LogP) is 3.16. The Morgan fingerprint density at radius 3 is 2.95 bits per heavy atom. The van der Waals surface area contributed by atoms with Crippen molar-refractivity contribution < 1.29 is 0 Å². The Kier molecular flexibility index (Phi) is 4.08. The summed E-state index contributed by atoms with van der Waals surface area (Å²) in [5.74, 6) is 0. The van der Waals surface area contributed by atoms with Crippen LogP contribution in [0, 0.1) is 0 Å². The summed E-state index contributed by atoms with van der Waals surface area (Å²) >= 11 is 1.70. The van der Waals surface area contributed by atoms with E-state index in [0.29, 0.717) is 6.04 Å². The van der Waals surface area contributed by atoms with Crippen LogP contribution in [-0.4, -0.2) is 35.6 Å². The summed E-state index contributed by atoms with van der Waals surface area (Å²) in [6.07, 6.45) is 3.66. The van der Waals surface area contributed by atoms with Gasteiger partial charge in [0.2, 0.25) is 0 Å². The largest absolute Gasteiger partial charge is 0.399 e. The molecule has 0 spiro atoms. The Balaban J connectivity index is 1.62. The van der Waals surface area contributed by atoms with Gasteiger partial charge in [0.05, 0.1) is 10.2 Å². The van der Waals surface area contributed by atoms with Crippen LogP contribution < -0.4 is 11.1 Å². The minimum absolute atomic E-state index is 0.556. The summed E-state index contributed by atoms with van der Waals surface area (Å²) in [4.78, 5) is 7.19. The van der Waals surface area contributed by atoms with Crippen LogP contribution >= 0.6 is 11.3 Å². The molecule has 5 heteroatoms. The van der Waals surface area contributed by atoms with Crippen LogP contribution in [0.1, 0.15) is 26.2 Å². The maximum absolute atomic E-state index is 5.81. The molecule has 0 radical (unpaired) electrons. The zero-order valence-electron chi connectivity index (χ0n) is 11.9. The quantitative estimate of drug-likeness (QED) is 0.849. The second-order valence-corrected chi connectivity index (χ2v) is 6.54. The van der Waals surface area contributed by atoms with Crippen molar-refractivity contribution in [2.45, 2.75) is 32.2 Å². The van der Waals surface area contributed by atoms with E-state index in [1.807, 2.05) is 18.2 Å². The van der Waals surface area contributed by atoms with Gasteiger partial charge in [0, 0.05) is 24.8 Å². The standard InChI is InChI=1S/C15H22N4S/c1-2-7-19-8-5-12(6-9-19)17-15-18-13-4-3-11(16)10-14(13)20-15/h3-4,10,12H,2,5-9,16H2,1H3,(H,17,18). The Labute approximate surface area is 124 Å². The van der Waals surface area contributed by atoms with Gasteiger partial charge in [0.15, 0.2) is 5.13 Å². The molecule has 0 amide bonds. The van der Waals surface area contributed by atoms with Crippen molar-refractivity contribution in [3.63, 3.8) is 0 Å². The van der Waals surface area contributed by atoms with Gasteiger partial charge < -0.3 is 16.0 Å². The molecule has 1 saturated heterocycles. The molecule has 20 heavy (non-hydrogen) atoms. The predicted molar refractivity (Wildman–Crippen MR) is 87.4 cm³/mol. The first-order chi connectivity index (χ1) is 9.74. The number of hydrogen-bond acceptors (Lipinski definition) is 5. The molecular formula is C15H22N4S. The third-order valence-corrected chi connectivity index (χ3v) is 4.82. The highest BCUT2D eigenvalue weighted by Gasteiger charge is 2.19. The van der Waals surface area contributed by atoms with E-state index in [1.165, 1.54) is 38.9 Å². The van der Waals surface area contributed by atoms with E-state index in [2.05, 4.69) is 22.1 Å². The highest BCUT2D eigenvalue weighted by Crippen LogP contribution is 2.29. The third kappa shape index (κ3) is 3.04. The van der Waals surface area contributed by atoms with Gasteiger partial charge in [-0.2, -0.15) is 0 Å². The molecule has 3 N–H and O–H groups in total. The van der Waals surface area contributed by atoms with E-state index in [0.717, 1.165) is 21.0 Å². The normalized spacial score (nSPS) is 17.6. The number of thiazole rings is 1. The number of nitrogen functional groups attached to an aromatic ring is 1. The van der Waals surface area contributed by atoms with E-state index in [9.17, 15) is 0 Å². The maximum Gasteiger partial charge on any atom is 0.184 e. The van der Waals surface area contributed by atoms with Gasteiger partial charge in [-0.05, 0) is 44.0 Å². The smallest absolute Gasteiger partial charge is 0.184 e. The molecule has 0 atom stereocenters. The molecule has 0 aliphatic carbocycles. The number of hydrogen-bond donors (Lipinski definition) is 2. The minimum Gasteiger partial charge on any atom is -0.399 e. The Hall–Kier alpha value is -1.33. The first-order valence-electron chi connectivity index (χ1n) is 7.39. The average molecular weight is 290 g/mol. The number of piperidine rings is 1. The summed E-state index contributed by atoms with van der Waals surface area (Å²) in [7, 11) is 0. The number of rotatable bonds is 4. The monoisotopic (exact) mass is 290 g/mol. The molecule has 1 aromatic carbocycles. The van der Waals surface area contributed by atoms with Crippen molar-refractivity contribution in [1.82, 2.24) is 9.88 Å². The van der Waals surface area contributed by atoms with Crippen LogP contribution in [0.3, 0.4) is 0 Å². The number of fused-ring (bicyclic) bond motifs is 1. The van der Waals surface area contributed by atoms with Gasteiger partial charge in [0.1, 0.15) is 0 Å². The topological polar surface area (TPSA) is 54.2 Å². The number of aromatic nitrogens is 1. The van der Waals surface area contributed by atoms with E-state index in [1.54, 1.807) is 11.3 Å². The molecule has 0 unspecified atom stereocenters. The number of nitrogens with two attached hydrogens (primary N) is 1. The van der Waals surface area contributed by atoms with Crippen LogP contribution in [0.4, 0.5) is 10.8 Å². The summed E-state index contributed by atoms with van der Waals surface area (Å²) in [5.41, 5.74) is 7.66. The highest BCUT2D eigenvalue weighted by atomic mass is 32.1. The molecule has 3 rings (SSSR count). The molecule has 1 fully saturated rings. The lowest BCUT2D eigenvalue weighted by atomic mass is 10.1. The van der Waals surface area contributed by atoms with E-state index in [4.69, 9.17) is 5.73 Å². The zero-order valence-corrected chi connectivity index (χ0v) is 12.7. The van der Waals surface area contributed by atoms with Crippen molar-refractivity contribution in [1.29, 1.82) is 0 Å². The molecule has 0 saturated carbocycles. The molecule has 1 aliphatic heterocycles. The summed E-state index contributed by atoms with van der Waals surface area (Å²) in [5, 5.41) is 4.62. The molecule has 2 aromatic rings. The summed E-state index contributed by atoms with van der Waals surface area (Å²) < 4.78 is 1.16. The molecule has 1 aliphatic rings. The lowest BCUT2D eigenvalue weighted by Crippen LogP contribution is -2.39.